The third-order valence-corrected chi connectivity index (χ3v) is 2.75. The molecule has 6 heteroatoms. The zero-order valence-corrected chi connectivity index (χ0v) is 12.3. The molecule has 1 aromatic rings. The zero-order valence-electron chi connectivity index (χ0n) is 12.3. The molecule has 110 valence electrons. The van der Waals surface area contributed by atoms with E-state index in [4.69, 9.17) is 10.5 Å². The minimum Gasteiger partial charge on any atom is -0.462 e. The van der Waals surface area contributed by atoms with Crippen molar-refractivity contribution in [2.75, 3.05) is 31.8 Å². The van der Waals surface area contributed by atoms with Crippen molar-refractivity contribution < 1.29 is 14.3 Å². The fourth-order valence-corrected chi connectivity index (χ4v) is 1.72. The second-order valence-corrected chi connectivity index (χ2v) is 4.62. The fraction of sp³-hybridized carbons (Fsp3) is 0.429. The van der Waals surface area contributed by atoms with Crippen LogP contribution >= 0.6 is 0 Å². The number of anilines is 2. The van der Waals surface area contributed by atoms with Crippen LogP contribution in [0.5, 0.6) is 0 Å². The van der Waals surface area contributed by atoms with Gasteiger partial charge in [0, 0.05) is 14.1 Å². The first kappa shape index (κ1) is 15.8. The van der Waals surface area contributed by atoms with E-state index in [1.165, 1.54) is 11.0 Å². The molecule has 1 amide bonds. The predicted molar refractivity (Wildman–Crippen MR) is 78.6 cm³/mol. The number of nitrogens with two attached hydrogens (primary N) is 1. The Morgan fingerprint density at radius 1 is 1.40 bits per heavy atom. The molecule has 1 atom stereocenters. The summed E-state index contributed by atoms with van der Waals surface area (Å²) in [5.41, 5.74) is 7.28. The Bertz CT molecular complexity index is 500. The van der Waals surface area contributed by atoms with Crippen LogP contribution in [-0.4, -0.2) is 43.5 Å². The Morgan fingerprint density at radius 3 is 2.55 bits per heavy atom. The van der Waals surface area contributed by atoms with E-state index in [9.17, 15) is 9.59 Å². The number of nitrogens with one attached hydrogen (secondary N) is 1. The van der Waals surface area contributed by atoms with Gasteiger partial charge in [0.05, 0.1) is 23.5 Å². The fourth-order valence-electron chi connectivity index (χ4n) is 1.72. The normalized spacial score (nSPS) is 11.6. The smallest absolute Gasteiger partial charge is 0.338 e. The second-order valence-electron chi connectivity index (χ2n) is 4.62. The average molecular weight is 279 g/mol. The van der Waals surface area contributed by atoms with Gasteiger partial charge < -0.3 is 20.7 Å². The van der Waals surface area contributed by atoms with Gasteiger partial charge >= 0.3 is 5.97 Å². The maximum absolute atomic E-state index is 11.8. The van der Waals surface area contributed by atoms with Crippen molar-refractivity contribution in [1.82, 2.24) is 4.90 Å². The number of likely N-dealkylation sites (N-methyl/N-ethyl adjacent to an activating group) is 1. The maximum atomic E-state index is 11.8. The molecule has 0 heterocycles. The van der Waals surface area contributed by atoms with Gasteiger partial charge in [-0.25, -0.2) is 4.79 Å². The highest BCUT2D eigenvalue weighted by atomic mass is 16.5. The maximum Gasteiger partial charge on any atom is 0.338 e. The number of hydrogen-bond donors (Lipinski definition) is 2. The molecule has 0 saturated heterocycles. The van der Waals surface area contributed by atoms with Gasteiger partial charge in [-0.1, -0.05) is 0 Å². The summed E-state index contributed by atoms with van der Waals surface area (Å²) in [6.07, 6.45) is 0. The van der Waals surface area contributed by atoms with Gasteiger partial charge in [0.15, 0.2) is 0 Å². The van der Waals surface area contributed by atoms with Crippen LogP contribution < -0.4 is 11.1 Å². The van der Waals surface area contributed by atoms with E-state index in [-0.39, 0.29) is 5.91 Å². The minimum absolute atomic E-state index is 0.0566. The Labute approximate surface area is 118 Å². The first-order valence-corrected chi connectivity index (χ1v) is 6.41. The Kier molecular flexibility index (Phi) is 5.37. The molecular formula is C14H21N3O3. The molecule has 0 spiro atoms. The molecule has 20 heavy (non-hydrogen) atoms. The molecule has 1 aromatic carbocycles. The van der Waals surface area contributed by atoms with Crippen LogP contribution in [0.2, 0.25) is 0 Å². The molecule has 0 aliphatic carbocycles. The molecule has 3 N–H and O–H groups in total. The molecule has 0 bridgehead atoms. The van der Waals surface area contributed by atoms with Crippen LogP contribution in [0, 0.1) is 0 Å². The molecule has 0 aliphatic rings. The highest BCUT2D eigenvalue weighted by molar-refractivity contribution is 5.92. The van der Waals surface area contributed by atoms with Crippen LogP contribution in [0.15, 0.2) is 18.2 Å². The topological polar surface area (TPSA) is 84.7 Å². The zero-order chi connectivity index (χ0) is 15.3. The number of esters is 1. The summed E-state index contributed by atoms with van der Waals surface area (Å²) in [6.45, 7) is 3.81. The number of nitrogen functional groups attached to an aromatic ring is 1. The number of rotatable bonds is 5. The van der Waals surface area contributed by atoms with Gasteiger partial charge in [-0.2, -0.15) is 0 Å². The molecule has 1 unspecified atom stereocenters. The van der Waals surface area contributed by atoms with Crippen LogP contribution in [-0.2, 0) is 9.53 Å². The molecule has 1 rings (SSSR count). The standard InChI is InChI=1S/C14H21N3O3/c1-5-20-14(19)10-6-7-12(11(15)8-10)16-9(2)13(18)17(3)4/h6-9,16H,5,15H2,1-4H3. The number of ether oxygens (including phenoxy) is 1. The largest absolute Gasteiger partial charge is 0.462 e. The summed E-state index contributed by atoms with van der Waals surface area (Å²) in [5, 5.41) is 3.02. The minimum atomic E-state index is -0.414. The number of benzene rings is 1. The van der Waals surface area contributed by atoms with Crippen molar-refractivity contribution in [1.29, 1.82) is 0 Å². The van der Waals surface area contributed by atoms with Gasteiger partial charge in [0.1, 0.15) is 6.04 Å². The Balaban J connectivity index is 2.83. The first-order chi connectivity index (χ1) is 9.36. The van der Waals surface area contributed by atoms with E-state index in [1.54, 1.807) is 40.1 Å². The second kappa shape index (κ2) is 6.79. The number of carbonyl (C=O) groups is 2. The van der Waals surface area contributed by atoms with Crippen molar-refractivity contribution >= 4 is 23.3 Å². The summed E-state index contributed by atoms with van der Waals surface area (Å²) in [4.78, 5) is 24.8. The lowest BCUT2D eigenvalue weighted by Gasteiger charge is -2.20. The van der Waals surface area contributed by atoms with Crippen LogP contribution in [0.3, 0.4) is 0 Å². The van der Waals surface area contributed by atoms with Gasteiger partial charge in [0.25, 0.3) is 0 Å². The van der Waals surface area contributed by atoms with E-state index in [0.717, 1.165) is 0 Å². The predicted octanol–water partition coefficient (Wildman–Crippen LogP) is 1.33. The van der Waals surface area contributed by atoms with Crippen molar-refractivity contribution in [2.24, 2.45) is 0 Å². The summed E-state index contributed by atoms with van der Waals surface area (Å²) in [5.74, 6) is -0.470. The highest BCUT2D eigenvalue weighted by Gasteiger charge is 2.16. The average Bonchev–Trinajstić information content (AvgIpc) is 2.40. The van der Waals surface area contributed by atoms with E-state index in [2.05, 4.69) is 5.32 Å². The van der Waals surface area contributed by atoms with Gasteiger partial charge in [-0.3, -0.25) is 4.79 Å². The third kappa shape index (κ3) is 3.88. The van der Waals surface area contributed by atoms with Gasteiger partial charge in [-0.05, 0) is 32.0 Å². The first-order valence-electron chi connectivity index (χ1n) is 6.41. The number of carbonyl (C=O) groups excluding carboxylic acids is 2. The van der Waals surface area contributed by atoms with Crippen molar-refractivity contribution in [3.63, 3.8) is 0 Å². The highest BCUT2D eigenvalue weighted by Crippen LogP contribution is 2.21. The van der Waals surface area contributed by atoms with Crippen LogP contribution in [0.25, 0.3) is 0 Å². The number of amides is 1. The van der Waals surface area contributed by atoms with Crippen LogP contribution in [0.4, 0.5) is 11.4 Å². The van der Waals surface area contributed by atoms with E-state index < -0.39 is 12.0 Å². The third-order valence-electron chi connectivity index (χ3n) is 2.75. The van der Waals surface area contributed by atoms with E-state index >= 15 is 0 Å². The van der Waals surface area contributed by atoms with Crippen molar-refractivity contribution in [2.45, 2.75) is 19.9 Å². The lowest BCUT2D eigenvalue weighted by molar-refractivity contribution is -0.129. The molecule has 0 aromatic heterocycles. The quantitative estimate of drug-likeness (QED) is 0.627. The molecular weight excluding hydrogens is 258 g/mol. The van der Waals surface area contributed by atoms with Gasteiger partial charge in [0.2, 0.25) is 5.91 Å². The monoisotopic (exact) mass is 279 g/mol. The Hall–Kier alpha value is -2.24. The molecule has 6 nitrogen and oxygen atoms in total. The van der Waals surface area contributed by atoms with Crippen molar-refractivity contribution in [3.05, 3.63) is 23.8 Å². The lowest BCUT2D eigenvalue weighted by atomic mass is 10.1. The number of nitrogens with zero attached hydrogens (tertiary/aromatic N) is 1. The summed E-state index contributed by atoms with van der Waals surface area (Å²) >= 11 is 0. The summed E-state index contributed by atoms with van der Waals surface area (Å²) < 4.78 is 4.90. The Morgan fingerprint density at radius 2 is 2.05 bits per heavy atom. The van der Waals surface area contributed by atoms with Crippen molar-refractivity contribution in [3.8, 4) is 0 Å². The summed E-state index contributed by atoms with van der Waals surface area (Å²) in [7, 11) is 3.38. The van der Waals surface area contributed by atoms with Gasteiger partial charge in [-0.15, -0.1) is 0 Å². The van der Waals surface area contributed by atoms with E-state index in [0.29, 0.717) is 23.5 Å². The van der Waals surface area contributed by atoms with E-state index in [1.807, 2.05) is 0 Å². The summed E-state index contributed by atoms with van der Waals surface area (Å²) in [6, 6.07) is 4.42. The molecule has 0 saturated carbocycles. The SMILES string of the molecule is CCOC(=O)c1ccc(NC(C)C(=O)N(C)C)c(N)c1. The number of hydrogen-bond acceptors (Lipinski definition) is 5. The lowest BCUT2D eigenvalue weighted by Crippen LogP contribution is -2.36. The molecule has 0 aliphatic heterocycles. The van der Waals surface area contributed by atoms with Crippen LogP contribution in [0.1, 0.15) is 24.2 Å². The molecule has 0 radical (unpaired) electrons. The molecule has 0 fully saturated rings.